The second-order valence-corrected chi connectivity index (χ2v) is 5.42. The van der Waals surface area contributed by atoms with E-state index in [1.165, 1.54) is 25.3 Å². The van der Waals surface area contributed by atoms with Crippen molar-refractivity contribution >= 4 is 30.1 Å². The third-order valence-corrected chi connectivity index (χ3v) is 3.50. The van der Waals surface area contributed by atoms with E-state index in [-0.39, 0.29) is 34.8 Å². The standard InChI is InChI=1S/C17H25N7O3/c1-11(9-26-3)24(10-18)15(19)13-6-5-7-14(22-13)23-17(25)12(8-21-2)16(20)27-4/h5-8,10-11,18-19H,9,20H2,1-4H3,(H,22,23,25)/t11-/m1/s1. The van der Waals surface area contributed by atoms with Gasteiger partial charge in [-0.05, 0) is 19.1 Å². The number of nitrogens with one attached hydrogen (secondary N) is 3. The lowest BCUT2D eigenvalue weighted by molar-refractivity contribution is -0.112. The van der Waals surface area contributed by atoms with Crippen LogP contribution >= 0.6 is 0 Å². The molecule has 5 N–H and O–H groups in total. The first kappa shape index (κ1) is 21.8. The summed E-state index contributed by atoms with van der Waals surface area (Å²) < 4.78 is 9.96. The van der Waals surface area contributed by atoms with Crippen LogP contribution in [0.15, 0.2) is 34.6 Å². The number of aliphatic imine (C=N–C) groups is 1. The molecule has 0 aliphatic rings. The van der Waals surface area contributed by atoms with Crippen LogP contribution in [0.5, 0.6) is 0 Å². The van der Waals surface area contributed by atoms with Gasteiger partial charge in [-0.2, -0.15) is 0 Å². The van der Waals surface area contributed by atoms with Gasteiger partial charge >= 0.3 is 0 Å². The van der Waals surface area contributed by atoms with Crippen molar-refractivity contribution in [3.8, 4) is 0 Å². The number of hydrogen-bond donors (Lipinski definition) is 4. The Bertz CT molecular complexity index is 746. The summed E-state index contributed by atoms with van der Waals surface area (Å²) in [6, 6.07) is 4.61. The number of methoxy groups -OCH3 is 2. The summed E-state index contributed by atoms with van der Waals surface area (Å²) in [6.07, 6.45) is 2.32. The zero-order chi connectivity index (χ0) is 20.4. The predicted molar refractivity (Wildman–Crippen MR) is 104 cm³/mol. The minimum Gasteiger partial charge on any atom is -0.482 e. The summed E-state index contributed by atoms with van der Waals surface area (Å²) in [5, 5.41) is 18.4. The molecule has 0 unspecified atom stereocenters. The van der Waals surface area contributed by atoms with Crippen molar-refractivity contribution in [3.63, 3.8) is 0 Å². The Hall–Kier alpha value is -3.27. The number of carbonyl (C=O) groups excluding carboxylic acids is 1. The number of pyridine rings is 1. The van der Waals surface area contributed by atoms with Crippen molar-refractivity contribution in [2.45, 2.75) is 13.0 Å². The van der Waals surface area contributed by atoms with Crippen LogP contribution in [-0.2, 0) is 14.3 Å². The van der Waals surface area contributed by atoms with Gasteiger partial charge in [-0.3, -0.25) is 20.6 Å². The Balaban J connectivity index is 3.07. The van der Waals surface area contributed by atoms with Gasteiger partial charge in [0, 0.05) is 20.4 Å². The van der Waals surface area contributed by atoms with E-state index in [2.05, 4.69) is 15.3 Å². The molecule has 10 heteroatoms. The lowest BCUT2D eigenvalue weighted by Gasteiger charge is -2.26. The number of nitrogens with two attached hydrogens (primary N) is 1. The van der Waals surface area contributed by atoms with Crippen molar-refractivity contribution in [1.82, 2.24) is 9.88 Å². The van der Waals surface area contributed by atoms with Gasteiger partial charge in [0.1, 0.15) is 17.1 Å². The Kier molecular flexibility index (Phi) is 8.60. The molecule has 0 aliphatic heterocycles. The number of anilines is 1. The van der Waals surface area contributed by atoms with Crippen molar-refractivity contribution < 1.29 is 14.3 Å². The van der Waals surface area contributed by atoms with Crippen LogP contribution in [0.4, 0.5) is 5.82 Å². The minimum atomic E-state index is -0.548. The first-order valence-corrected chi connectivity index (χ1v) is 8.00. The molecule has 10 nitrogen and oxygen atoms in total. The summed E-state index contributed by atoms with van der Waals surface area (Å²) in [7, 11) is 4.40. The zero-order valence-corrected chi connectivity index (χ0v) is 15.8. The van der Waals surface area contributed by atoms with Gasteiger partial charge in [-0.25, -0.2) is 4.98 Å². The van der Waals surface area contributed by atoms with E-state index < -0.39 is 5.91 Å². The van der Waals surface area contributed by atoms with Crippen LogP contribution in [0.25, 0.3) is 0 Å². The highest BCUT2D eigenvalue weighted by atomic mass is 16.5. The minimum absolute atomic E-state index is 0.00735. The number of rotatable bonds is 9. The fraction of sp³-hybridized carbons (Fsp3) is 0.353. The zero-order valence-electron chi connectivity index (χ0n) is 15.8. The molecule has 0 aromatic carbocycles. The third kappa shape index (κ3) is 5.89. The molecule has 0 fully saturated rings. The van der Waals surface area contributed by atoms with E-state index in [0.717, 1.165) is 6.34 Å². The molecular weight excluding hydrogens is 350 g/mol. The Labute approximate surface area is 158 Å². The van der Waals surface area contributed by atoms with Crippen molar-refractivity contribution in [2.24, 2.45) is 10.7 Å². The Morgan fingerprint density at radius 2 is 2.19 bits per heavy atom. The molecule has 0 spiro atoms. The molecule has 0 saturated heterocycles. The first-order chi connectivity index (χ1) is 12.9. The molecule has 1 aromatic rings. The van der Waals surface area contributed by atoms with Gasteiger partial charge in [-0.15, -0.1) is 0 Å². The summed E-state index contributed by atoms with van der Waals surface area (Å²) in [5.41, 5.74) is 6.00. The van der Waals surface area contributed by atoms with Gasteiger partial charge in [0.2, 0.25) is 0 Å². The maximum atomic E-state index is 12.4. The number of amidine groups is 1. The van der Waals surface area contributed by atoms with Crippen LogP contribution in [0.1, 0.15) is 12.6 Å². The molecule has 1 rings (SSSR count). The van der Waals surface area contributed by atoms with Crippen LogP contribution in [0.3, 0.4) is 0 Å². The van der Waals surface area contributed by atoms with Gasteiger partial charge in [-0.1, -0.05) is 6.07 Å². The Morgan fingerprint density at radius 3 is 2.74 bits per heavy atom. The summed E-state index contributed by atoms with van der Waals surface area (Å²) in [4.78, 5) is 21.8. The Morgan fingerprint density at radius 1 is 1.48 bits per heavy atom. The molecule has 146 valence electrons. The number of amides is 1. The number of aromatic nitrogens is 1. The average molecular weight is 375 g/mol. The summed E-state index contributed by atoms with van der Waals surface area (Å²) >= 11 is 0. The SMILES string of the molecule is CN=CC(C(=O)Nc1cccc(C(=N)N(C=N)[C@H](C)COC)n1)=C(N)OC. The molecule has 0 aliphatic carbocycles. The van der Waals surface area contributed by atoms with Gasteiger partial charge in [0.15, 0.2) is 11.7 Å². The highest BCUT2D eigenvalue weighted by molar-refractivity contribution is 6.17. The van der Waals surface area contributed by atoms with Crippen LogP contribution < -0.4 is 11.1 Å². The highest BCUT2D eigenvalue weighted by Gasteiger charge is 2.19. The molecule has 0 bridgehead atoms. The normalized spacial score (nSPS) is 12.9. The fourth-order valence-corrected chi connectivity index (χ4v) is 2.16. The molecule has 1 atom stereocenters. The van der Waals surface area contributed by atoms with Crippen molar-refractivity contribution in [1.29, 1.82) is 10.8 Å². The quantitative estimate of drug-likeness (QED) is 0.217. The molecular formula is C17H25N7O3. The topological polar surface area (TPSA) is 150 Å². The van der Waals surface area contributed by atoms with Crippen molar-refractivity contribution in [3.05, 3.63) is 35.3 Å². The average Bonchev–Trinajstić information content (AvgIpc) is 2.66. The second kappa shape index (κ2) is 10.7. The van der Waals surface area contributed by atoms with Gasteiger partial charge in [0.25, 0.3) is 5.91 Å². The third-order valence-electron chi connectivity index (χ3n) is 3.50. The summed E-state index contributed by atoms with van der Waals surface area (Å²) in [6.45, 7) is 2.17. The van der Waals surface area contributed by atoms with E-state index in [1.54, 1.807) is 25.3 Å². The predicted octanol–water partition coefficient (Wildman–Crippen LogP) is 0.807. The first-order valence-electron chi connectivity index (χ1n) is 8.00. The van der Waals surface area contributed by atoms with Crippen molar-refractivity contribution in [2.75, 3.05) is 33.2 Å². The lowest BCUT2D eigenvalue weighted by Crippen LogP contribution is -2.40. The van der Waals surface area contributed by atoms with E-state index in [9.17, 15) is 4.79 Å². The van der Waals surface area contributed by atoms with Crippen LogP contribution in [0, 0.1) is 10.8 Å². The monoisotopic (exact) mass is 375 g/mol. The van der Waals surface area contributed by atoms with Crippen LogP contribution in [0.2, 0.25) is 0 Å². The van der Waals surface area contributed by atoms with E-state index in [1.807, 2.05) is 6.92 Å². The number of nitrogens with zero attached hydrogens (tertiary/aromatic N) is 3. The van der Waals surface area contributed by atoms with Gasteiger partial charge in [0.05, 0.1) is 26.1 Å². The molecule has 27 heavy (non-hydrogen) atoms. The largest absolute Gasteiger partial charge is 0.482 e. The molecule has 0 radical (unpaired) electrons. The maximum Gasteiger partial charge on any atom is 0.263 e. The number of hydrogen-bond acceptors (Lipinski definition) is 8. The molecule has 1 heterocycles. The number of carbonyl (C=O) groups is 1. The molecule has 0 saturated carbocycles. The lowest BCUT2D eigenvalue weighted by atomic mass is 10.2. The molecule has 1 amide bonds. The highest BCUT2D eigenvalue weighted by Crippen LogP contribution is 2.11. The van der Waals surface area contributed by atoms with Crippen LogP contribution in [-0.4, -0.2) is 68.1 Å². The second-order valence-electron chi connectivity index (χ2n) is 5.42. The fourth-order valence-electron chi connectivity index (χ4n) is 2.16. The van der Waals surface area contributed by atoms with Gasteiger partial charge < -0.3 is 25.4 Å². The summed E-state index contributed by atoms with van der Waals surface area (Å²) in [5.74, 6) is -0.399. The maximum absolute atomic E-state index is 12.4. The van der Waals surface area contributed by atoms with E-state index >= 15 is 0 Å². The smallest absolute Gasteiger partial charge is 0.263 e. The van der Waals surface area contributed by atoms with E-state index in [0.29, 0.717) is 6.61 Å². The molecule has 1 aromatic heterocycles. The van der Waals surface area contributed by atoms with E-state index in [4.69, 9.17) is 26.0 Å². The number of ether oxygens (including phenoxy) is 2.